The molecule has 0 radical (unpaired) electrons. The third kappa shape index (κ3) is 6.65. The number of carbonyl (C=O) groups is 3. The molecule has 1 fully saturated rings. The molecule has 12 nitrogen and oxygen atoms in total. The first-order valence-electron chi connectivity index (χ1n) is 13.0. The molecule has 0 unspecified atom stereocenters. The Balaban J connectivity index is 1.44. The number of aromatic nitrogens is 1. The Bertz CT molecular complexity index is 1650. The summed E-state index contributed by atoms with van der Waals surface area (Å²) in [6, 6.07) is 7.40. The number of alkyl halides is 2. The van der Waals surface area contributed by atoms with Gasteiger partial charge in [-0.25, -0.2) is 0 Å². The van der Waals surface area contributed by atoms with Gasteiger partial charge in [0.25, 0.3) is 17.5 Å². The number of imide groups is 1. The number of rotatable bonds is 12. The molecule has 0 saturated heterocycles. The van der Waals surface area contributed by atoms with Crippen molar-refractivity contribution in [2.75, 3.05) is 13.2 Å². The zero-order chi connectivity index (χ0) is 31.7. The van der Waals surface area contributed by atoms with E-state index in [9.17, 15) is 38.5 Å². The normalized spacial score (nSPS) is 14.9. The summed E-state index contributed by atoms with van der Waals surface area (Å²) >= 11 is 12.5. The maximum Gasteiger partial charge on any atom is 0.387 e. The first kappa shape index (κ1) is 30.9. The van der Waals surface area contributed by atoms with E-state index < -0.39 is 53.2 Å². The fraction of sp³-hybridized carbons (Fsp3) is 0.286. The molecular formula is C28H21Cl2F2N3O9. The Hall–Kier alpha value is -4.56. The van der Waals surface area contributed by atoms with Crippen LogP contribution in [0.4, 0.5) is 14.5 Å². The summed E-state index contributed by atoms with van der Waals surface area (Å²) in [4.78, 5) is 50.2. The molecule has 0 bridgehead atoms. The summed E-state index contributed by atoms with van der Waals surface area (Å²) in [6.45, 7) is -3.82. The van der Waals surface area contributed by atoms with Crippen LogP contribution in [0.5, 0.6) is 11.5 Å². The van der Waals surface area contributed by atoms with Crippen molar-refractivity contribution in [3.05, 3.63) is 96.4 Å². The average molecular weight is 652 g/mol. The fourth-order valence-electron chi connectivity index (χ4n) is 4.60. The van der Waals surface area contributed by atoms with E-state index in [1.165, 1.54) is 30.3 Å². The number of ether oxygens (including phenoxy) is 3. The van der Waals surface area contributed by atoms with Crippen LogP contribution in [0.3, 0.4) is 0 Å². The number of nitrogens with zero attached hydrogens (tertiary/aromatic N) is 3. The second-order valence-electron chi connectivity index (χ2n) is 9.97. The molecule has 0 spiro atoms. The van der Waals surface area contributed by atoms with Crippen molar-refractivity contribution in [1.29, 1.82) is 0 Å². The maximum atomic E-state index is 13.2. The molecule has 2 heterocycles. The number of nitro groups is 1. The van der Waals surface area contributed by atoms with Crippen molar-refractivity contribution >= 4 is 46.7 Å². The molecule has 16 heteroatoms. The SMILES string of the molecule is O=C(CN1C(=O)c2cccc([N+](=O)[O-])c2C1=O)O[C@@H](Cc1c(Cl)c[n+]([O-])cc1Cl)c1ccc(OC(F)F)c(OCC2CC2)c1. The van der Waals surface area contributed by atoms with Gasteiger partial charge in [0.05, 0.1) is 17.1 Å². The summed E-state index contributed by atoms with van der Waals surface area (Å²) in [5.41, 5.74) is -0.872. The van der Waals surface area contributed by atoms with E-state index in [-0.39, 0.29) is 57.2 Å². The Morgan fingerprint density at radius 2 is 1.80 bits per heavy atom. The van der Waals surface area contributed by atoms with Gasteiger partial charge in [-0.3, -0.25) is 29.4 Å². The van der Waals surface area contributed by atoms with E-state index in [1.54, 1.807) is 0 Å². The van der Waals surface area contributed by atoms with Crippen molar-refractivity contribution in [2.24, 2.45) is 5.92 Å². The van der Waals surface area contributed by atoms with Crippen molar-refractivity contribution in [2.45, 2.75) is 32.0 Å². The largest absolute Gasteiger partial charge is 0.619 e. The maximum absolute atomic E-state index is 13.2. The molecule has 230 valence electrons. The third-order valence-electron chi connectivity index (χ3n) is 6.91. The number of esters is 1. The first-order valence-corrected chi connectivity index (χ1v) is 13.8. The highest BCUT2D eigenvalue weighted by Gasteiger charge is 2.42. The minimum absolute atomic E-state index is 0.0499. The number of hydrogen-bond acceptors (Lipinski definition) is 9. The highest BCUT2D eigenvalue weighted by molar-refractivity contribution is 6.35. The first-order chi connectivity index (χ1) is 20.9. The highest BCUT2D eigenvalue weighted by atomic mass is 35.5. The molecular weight excluding hydrogens is 631 g/mol. The Morgan fingerprint density at radius 3 is 2.43 bits per heavy atom. The van der Waals surface area contributed by atoms with Gasteiger partial charge in [-0.1, -0.05) is 35.3 Å². The van der Waals surface area contributed by atoms with Crippen LogP contribution in [0, 0.1) is 21.2 Å². The van der Waals surface area contributed by atoms with Gasteiger partial charge >= 0.3 is 12.6 Å². The number of fused-ring (bicyclic) bond motifs is 1. The van der Waals surface area contributed by atoms with E-state index >= 15 is 0 Å². The highest BCUT2D eigenvalue weighted by Crippen LogP contribution is 2.38. The Labute approximate surface area is 257 Å². The molecule has 1 saturated carbocycles. The number of hydrogen-bond donors (Lipinski definition) is 0. The molecule has 1 aliphatic heterocycles. The topological polar surface area (TPSA) is 152 Å². The quantitative estimate of drug-likeness (QED) is 0.0654. The van der Waals surface area contributed by atoms with E-state index in [0.717, 1.165) is 31.3 Å². The molecule has 3 aromatic rings. The molecule has 1 atom stereocenters. The van der Waals surface area contributed by atoms with Gasteiger partial charge in [0.1, 0.15) is 28.3 Å². The van der Waals surface area contributed by atoms with Crippen LogP contribution in [0.15, 0.2) is 48.8 Å². The number of amides is 2. The lowest BCUT2D eigenvalue weighted by Crippen LogP contribution is -2.36. The smallest absolute Gasteiger partial charge is 0.387 e. The monoisotopic (exact) mass is 651 g/mol. The number of halogens is 4. The van der Waals surface area contributed by atoms with Crippen LogP contribution in [-0.2, 0) is 16.0 Å². The standard InChI is InChI=1S/C28H21Cl2F2N3O9/c29-18-10-33(39)11-19(30)17(18)9-22(15-6-7-21(44-28(31)32)23(8-15)42-13-14-4-5-14)43-24(36)12-34-26(37)16-2-1-3-20(35(40)41)25(16)27(34)38/h1-3,6-8,10-11,14,22,28H,4-5,9,12-13H2/t22-/m0/s1. The van der Waals surface area contributed by atoms with Gasteiger partial charge in [0.2, 0.25) is 0 Å². The van der Waals surface area contributed by atoms with Crippen LogP contribution in [0.25, 0.3) is 0 Å². The van der Waals surface area contributed by atoms with E-state index in [2.05, 4.69) is 4.74 Å². The molecule has 5 rings (SSSR count). The fourth-order valence-corrected chi connectivity index (χ4v) is 5.20. The molecule has 2 aromatic carbocycles. The summed E-state index contributed by atoms with van der Waals surface area (Å²) < 4.78 is 42.5. The van der Waals surface area contributed by atoms with Crippen LogP contribution in [0.1, 0.15) is 50.8 Å². The summed E-state index contributed by atoms with van der Waals surface area (Å²) in [6.07, 6.45) is 2.39. The predicted octanol–water partition coefficient (Wildman–Crippen LogP) is 5.05. The van der Waals surface area contributed by atoms with Crippen LogP contribution >= 0.6 is 23.2 Å². The Kier molecular flexibility index (Phi) is 8.83. The summed E-state index contributed by atoms with van der Waals surface area (Å²) in [5.74, 6) is -3.13. The molecule has 0 N–H and O–H groups in total. The van der Waals surface area contributed by atoms with Crippen LogP contribution in [0.2, 0.25) is 10.0 Å². The van der Waals surface area contributed by atoms with E-state index in [4.69, 9.17) is 32.7 Å². The number of benzene rings is 2. The van der Waals surface area contributed by atoms with E-state index in [1.807, 2.05) is 0 Å². The zero-order valence-corrected chi connectivity index (χ0v) is 23.9. The van der Waals surface area contributed by atoms with E-state index in [0.29, 0.717) is 9.63 Å². The summed E-state index contributed by atoms with van der Waals surface area (Å²) in [5, 5.41) is 23.1. The lowest BCUT2D eigenvalue weighted by atomic mass is 10.0. The van der Waals surface area contributed by atoms with Gasteiger partial charge in [-0.15, -0.1) is 0 Å². The van der Waals surface area contributed by atoms with Gasteiger partial charge in [0, 0.05) is 18.1 Å². The lowest BCUT2D eigenvalue weighted by molar-refractivity contribution is -0.605. The third-order valence-corrected chi connectivity index (χ3v) is 7.56. The van der Waals surface area contributed by atoms with Gasteiger partial charge in [-0.05, 0) is 42.5 Å². The summed E-state index contributed by atoms with van der Waals surface area (Å²) in [7, 11) is 0. The molecule has 2 aliphatic rings. The van der Waals surface area contributed by atoms with Gasteiger partial charge in [0.15, 0.2) is 23.9 Å². The van der Waals surface area contributed by atoms with Crippen molar-refractivity contribution < 1.29 is 47.0 Å². The lowest BCUT2D eigenvalue weighted by Gasteiger charge is -2.22. The van der Waals surface area contributed by atoms with Crippen molar-refractivity contribution in [3.63, 3.8) is 0 Å². The zero-order valence-electron chi connectivity index (χ0n) is 22.4. The Morgan fingerprint density at radius 1 is 1.09 bits per heavy atom. The van der Waals surface area contributed by atoms with Crippen LogP contribution < -0.4 is 14.2 Å². The minimum atomic E-state index is -3.14. The average Bonchev–Trinajstić information content (AvgIpc) is 3.76. The second kappa shape index (κ2) is 12.6. The van der Waals surface area contributed by atoms with Gasteiger partial charge in [-0.2, -0.15) is 13.5 Å². The number of pyridine rings is 1. The molecule has 1 aromatic heterocycles. The molecule has 44 heavy (non-hydrogen) atoms. The second-order valence-corrected chi connectivity index (χ2v) is 10.8. The molecule has 1 aliphatic carbocycles. The predicted molar refractivity (Wildman–Crippen MR) is 148 cm³/mol. The minimum Gasteiger partial charge on any atom is -0.619 e. The van der Waals surface area contributed by atoms with Crippen LogP contribution in [-0.4, -0.2) is 47.4 Å². The number of carbonyl (C=O) groups excluding carboxylic acids is 3. The number of nitro benzene ring substituents is 1. The van der Waals surface area contributed by atoms with Gasteiger partial charge < -0.3 is 19.4 Å². The van der Waals surface area contributed by atoms with Crippen molar-refractivity contribution in [1.82, 2.24) is 4.90 Å². The van der Waals surface area contributed by atoms with Crippen molar-refractivity contribution in [3.8, 4) is 11.5 Å². The molecule has 2 amide bonds.